The summed E-state index contributed by atoms with van der Waals surface area (Å²) >= 11 is 0. The molecule has 0 aromatic heterocycles. The fraction of sp³-hybridized carbons (Fsp3) is 1.00. The third-order valence-corrected chi connectivity index (χ3v) is 5.39. The van der Waals surface area contributed by atoms with E-state index in [4.69, 9.17) is 0 Å². The van der Waals surface area contributed by atoms with Gasteiger partial charge in [0, 0.05) is 19.1 Å². The minimum atomic E-state index is 0.339. The highest BCUT2D eigenvalue weighted by Gasteiger charge is 2.37. The predicted molar refractivity (Wildman–Crippen MR) is 80.3 cm³/mol. The molecule has 2 rings (SSSR count). The molecule has 0 spiro atoms. The van der Waals surface area contributed by atoms with Gasteiger partial charge in [0.05, 0.1) is 6.61 Å². The van der Waals surface area contributed by atoms with E-state index in [1.54, 1.807) is 0 Å². The molecular weight excluding hydrogens is 236 g/mol. The minimum Gasteiger partial charge on any atom is -0.395 e. The van der Waals surface area contributed by atoms with Crippen LogP contribution in [-0.2, 0) is 0 Å². The van der Waals surface area contributed by atoms with Crippen LogP contribution in [0.3, 0.4) is 0 Å². The lowest BCUT2D eigenvalue weighted by Gasteiger charge is -2.46. The van der Waals surface area contributed by atoms with Gasteiger partial charge in [-0.2, -0.15) is 0 Å². The van der Waals surface area contributed by atoms with Gasteiger partial charge in [-0.1, -0.05) is 26.2 Å². The maximum Gasteiger partial charge on any atom is 0.0586 e. The summed E-state index contributed by atoms with van der Waals surface area (Å²) in [7, 11) is 2.08. The molecule has 112 valence electrons. The smallest absolute Gasteiger partial charge is 0.0586 e. The Morgan fingerprint density at radius 3 is 2.58 bits per heavy atom. The number of likely N-dealkylation sites (tertiary alicyclic amines) is 1. The van der Waals surface area contributed by atoms with Crippen LogP contribution in [0.5, 0.6) is 0 Å². The Hall–Kier alpha value is -0.120. The Bertz CT molecular complexity index is 261. The van der Waals surface area contributed by atoms with Crippen LogP contribution in [0, 0.1) is 11.3 Å². The first kappa shape index (κ1) is 15.3. The summed E-state index contributed by atoms with van der Waals surface area (Å²) in [6.45, 7) is 6.24. The van der Waals surface area contributed by atoms with Crippen LogP contribution in [0.1, 0.15) is 51.9 Å². The lowest BCUT2D eigenvalue weighted by molar-refractivity contribution is 0.0257. The highest BCUT2D eigenvalue weighted by atomic mass is 16.3. The van der Waals surface area contributed by atoms with Gasteiger partial charge in [0.2, 0.25) is 0 Å². The molecule has 1 saturated carbocycles. The van der Waals surface area contributed by atoms with Crippen LogP contribution in [0.2, 0.25) is 0 Å². The molecule has 1 unspecified atom stereocenters. The first-order chi connectivity index (χ1) is 9.19. The number of rotatable bonds is 5. The van der Waals surface area contributed by atoms with Crippen molar-refractivity contribution in [3.8, 4) is 0 Å². The van der Waals surface area contributed by atoms with Crippen molar-refractivity contribution in [3.63, 3.8) is 0 Å². The molecule has 19 heavy (non-hydrogen) atoms. The molecule has 1 aliphatic heterocycles. The van der Waals surface area contributed by atoms with Gasteiger partial charge in [-0.15, -0.1) is 0 Å². The zero-order chi connectivity index (χ0) is 13.7. The highest BCUT2D eigenvalue weighted by molar-refractivity contribution is 4.91. The van der Waals surface area contributed by atoms with E-state index in [9.17, 15) is 5.11 Å². The SMILES string of the molecule is CNCC1(CN2CCCCC2CO)CCC(C)CC1. The topological polar surface area (TPSA) is 35.5 Å². The lowest BCUT2D eigenvalue weighted by Crippen LogP contribution is -2.51. The van der Waals surface area contributed by atoms with Crippen molar-refractivity contribution in [1.29, 1.82) is 0 Å². The van der Waals surface area contributed by atoms with Crippen molar-refractivity contribution < 1.29 is 5.11 Å². The number of aliphatic hydroxyl groups excluding tert-OH is 1. The summed E-state index contributed by atoms with van der Waals surface area (Å²) in [5.74, 6) is 0.903. The maximum atomic E-state index is 9.59. The van der Waals surface area contributed by atoms with Crippen LogP contribution in [0.15, 0.2) is 0 Å². The fourth-order valence-electron chi connectivity index (χ4n) is 4.05. The van der Waals surface area contributed by atoms with Crippen LogP contribution >= 0.6 is 0 Å². The van der Waals surface area contributed by atoms with Gasteiger partial charge >= 0.3 is 0 Å². The van der Waals surface area contributed by atoms with Crippen molar-refractivity contribution in [2.24, 2.45) is 11.3 Å². The molecule has 2 N–H and O–H groups in total. The Labute approximate surface area is 118 Å². The van der Waals surface area contributed by atoms with Gasteiger partial charge in [0.15, 0.2) is 0 Å². The number of hydrogen-bond acceptors (Lipinski definition) is 3. The number of hydrogen-bond donors (Lipinski definition) is 2. The molecule has 3 heteroatoms. The lowest BCUT2D eigenvalue weighted by atomic mass is 9.70. The van der Waals surface area contributed by atoms with Crippen molar-refractivity contribution in [2.75, 3.05) is 33.3 Å². The van der Waals surface area contributed by atoms with Crippen molar-refractivity contribution >= 4 is 0 Å². The van der Waals surface area contributed by atoms with E-state index in [1.165, 1.54) is 58.0 Å². The zero-order valence-corrected chi connectivity index (χ0v) is 12.8. The largest absolute Gasteiger partial charge is 0.395 e. The van der Waals surface area contributed by atoms with Crippen molar-refractivity contribution in [2.45, 2.75) is 57.9 Å². The van der Waals surface area contributed by atoms with Crippen LogP contribution in [-0.4, -0.2) is 49.3 Å². The summed E-state index contributed by atoms with van der Waals surface area (Å²) in [6.07, 6.45) is 9.23. The number of nitrogens with zero attached hydrogens (tertiary/aromatic N) is 1. The Balaban J connectivity index is 1.98. The highest BCUT2D eigenvalue weighted by Crippen LogP contribution is 2.40. The molecule has 0 aromatic carbocycles. The van der Waals surface area contributed by atoms with E-state index in [0.717, 1.165) is 12.5 Å². The number of nitrogens with one attached hydrogen (secondary N) is 1. The zero-order valence-electron chi connectivity index (χ0n) is 12.8. The first-order valence-electron chi connectivity index (χ1n) is 8.18. The van der Waals surface area contributed by atoms with Crippen molar-refractivity contribution in [1.82, 2.24) is 10.2 Å². The molecule has 1 aliphatic carbocycles. The van der Waals surface area contributed by atoms with Gasteiger partial charge in [-0.3, -0.25) is 4.90 Å². The number of aliphatic hydroxyl groups is 1. The Kier molecular flexibility index (Phi) is 5.67. The fourth-order valence-corrected chi connectivity index (χ4v) is 4.05. The first-order valence-corrected chi connectivity index (χ1v) is 8.18. The summed E-state index contributed by atoms with van der Waals surface area (Å²) in [5, 5.41) is 13.0. The predicted octanol–water partition coefficient (Wildman–Crippen LogP) is 2.25. The second-order valence-electron chi connectivity index (χ2n) is 7.02. The van der Waals surface area contributed by atoms with Gasteiger partial charge in [-0.25, -0.2) is 0 Å². The maximum absolute atomic E-state index is 9.59. The van der Waals surface area contributed by atoms with Gasteiger partial charge < -0.3 is 10.4 Å². The Morgan fingerprint density at radius 2 is 1.95 bits per heavy atom. The third-order valence-electron chi connectivity index (χ3n) is 5.39. The molecule has 1 atom stereocenters. The molecular formula is C16H32N2O. The van der Waals surface area contributed by atoms with Crippen LogP contribution in [0.4, 0.5) is 0 Å². The number of piperidine rings is 1. The van der Waals surface area contributed by atoms with Gasteiger partial charge in [0.25, 0.3) is 0 Å². The van der Waals surface area contributed by atoms with Gasteiger partial charge in [-0.05, 0) is 50.6 Å². The second-order valence-corrected chi connectivity index (χ2v) is 7.02. The molecule has 0 radical (unpaired) electrons. The summed E-state index contributed by atoms with van der Waals surface area (Å²) in [5.41, 5.74) is 0.450. The Morgan fingerprint density at radius 1 is 1.21 bits per heavy atom. The summed E-state index contributed by atoms with van der Waals surface area (Å²) < 4.78 is 0. The standard InChI is InChI=1S/C16H32N2O/c1-14-6-8-16(9-7-14,12-17-2)13-18-10-4-3-5-15(18)11-19/h14-15,17,19H,3-13H2,1-2H3. The average Bonchev–Trinajstić information content (AvgIpc) is 2.43. The minimum absolute atomic E-state index is 0.339. The molecule has 2 fully saturated rings. The molecule has 0 aromatic rings. The van der Waals surface area contributed by atoms with E-state index in [2.05, 4.69) is 24.2 Å². The van der Waals surface area contributed by atoms with E-state index in [0.29, 0.717) is 18.1 Å². The van der Waals surface area contributed by atoms with Gasteiger partial charge in [0.1, 0.15) is 0 Å². The molecule has 1 saturated heterocycles. The van der Waals surface area contributed by atoms with Crippen molar-refractivity contribution in [3.05, 3.63) is 0 Å². The quantitative estimate of drug-likeness (QED) is 0.803. The summed E-state index contributed by atoms with van der Waals surface area (Å²) in [6, 6.07) is 0.418. The molecule has 2 aliphatic rings. The van der Waals surface area contributed by atoms with E-state index < -0.39 is 0 Å². The average molecular weight is 268 g/mol. The van der Waals surface area contributed by atoms with Crippen LogP contribution < -0.4 is 5.32 Å². The monoisotopic (exact) mass is 268 g/mol. The normalized spacial score (nSPS) is 37.4. The van der Waals surface area contributed by atoms with E-state index in [-0.39, 0.29) is 0 Å². The summed E-state index contributed by atoms with van der Waals surface area (Å²) in [4.78, 5) is 2.58. The van der Waals surface area contributed by atoms with Crippen LogP contribution in [0.25, 0.3) is 0 Å². The van der Waals surface area contributed by atoms with E-state index >= 15 is 0 Å². The molecule has 0 amide bonds. The molecule has 3 nitrogen and oxygen atoms in total. The third kappa shape index (κ3) is 3.93. The second kappa shape index (κ2) is 7.05. The van der Waals surface area contributed by atoms with E-state index in [1.807, 2.05) is 0 Å². The molecule has 1 heterocycles. The molecule has 0 bridgehead atoms.